The second kappa shape index (κ2) is 8.58. The van der Waals surface area contributed by atoms with E-state index in [0.717, 1.165) is 0 Å². The van der Waals surface area contributed by atoms with E-state index in [1.165, 1.54) is 32.0 Å². The van der Waals surface area contributed by atoms with Crippen LogP contribution in [0.1, 0.15) is 105 Å². The molecule has 0 unspecified atom stereocenters. The van der Waals surface area contributed by atoms with E-state index in [1.807, 2.05) is 21.6 Å². The van der Waals surface area contributed by atoms with Gasteiger partial charge in [0, 0.05) is 9.79 Å². The molecule has 0 aromatic heterocycles. The van der Waals surface area contributed by atoms with E-state index in [1.54, 1.807) is 0 Å². The summed E-state index contributed by atoms with van der Waals surface area (Å²) in [5.74, 6) is 0. The molecule has 0 saturated heterocycles. The van der Waals surface area contributed by atoms with Crippen LogP contribution in [0.2, 0.25) is 0 Å². The zero-order valence-electron chi connectivity index (χ0n) is 21.3. The zero-order valence-corrected chi connectivity index (χ0v) is 22.9. The lowest BCUT2D eigenvalue weighted by Crippen LogP contribution is -2.19. The van der Waals surface area contributed by atoms with Gasteiger partial charge in [-0.05, 0) is 43.9 Å². The van der Waals surface area contributed by atoms with E-state index in [0.29, 0.717) is 0 Å². The number of hydrogen-bond acceptors (Lipinski definition) is 2. The van der Waals surface area contributed by atoms with E-state index >= 15 is 0 Å². The number of benzene rings is 2. The van der Waals surface area contributed by atoms with Crippen molar-refractivity contribution in [3.05, 3.63) is 58.7 Å². The van der Waals surface area contributed by atoms with Gasteiger partial charge >= 0.3 is 0 Å². The first-order valence-electron chi connectivity index (χ1n) is 11.1. The fraction of sp³-hybridized carbons (Fsp3) is 0.571. The van der Waals surface area contributed by atoms with Gasteiger partial charge in [0.15, 0.2) is 0 Å². The second-order valence-corrected chi connectivity index (χ2v) is 14.7. The maximum absolute atomic E-state index is 2.33. The van der Waals surface area contributed by atoms with Gasteiger partial charge in [-0.1, -0.05) is 141 Å². The average Bonchev–Trinajstić information content (AvgIpc) is 2.56. The molecule has 0 amide bonds. The molecule has 0 bridgehead atoms. The number of hydrogen-bond donors (Lipinski definition) is 0. The van der Waals surface area contributed by atoms with Crippen LogP contribution >= 0.6 is 21.6 Å². The molecule has 0 fully saturated rings. The first-order chi connectivity index (χ1) is 13.4. The minimum absolute atomic E-state index is 0.112. The Hall–Kier alpha value is -0.860. The summed E-state index contributed by atoms with van der Waals surface area (Å²) in [5, 5.41) is 0. The summed E-state index contributed by atoms with van der Waals surface area (Å²) in [4.78, 5) is 2.87. The molecule has 0 spiro atoms. The van der Waals surface area contributed by atoms with Crippen molar-refractivity contribution in [2.24, 2.45) is 0 Å². The van der Waals surface area contributed by atoms with Crippen molar-refractivity contribution in [2.75, 3.05) is 0 Å². The van der Waals surface area contributed by atoms with Gasteiger partial charge in [0.1, 0.15) is 0 Å². The van der Waals surface area contributed by atoms with Gasteiger partial charge in [0.2, 0.25) is 0 Å². The lowest BCUT2D eigenvalue weighted by Gasteiger charge is -2.31. The van der Waals surface area contributed by atoms with Crippen molar-refractivity contribution >= 4 is 21.6 Å². The standard InChI is InChI=1S/C28H42S2/c1-25(2,3)19-15-13-16-20(26(4,5)6)23(19)29-30-24-21(27(7,8)9)17-14-18-22(24)28(10,11)12/h13-18H,1-12H3. The highest BCUT2D eigenvalue weighted by Gasteiger charge is 2.29. The molecule has 0 aliphatic carbocycles. The van der Waals surface area contributed by atoms with E-state index < -0.39 is 0 Å². The van der Waals surface area contributed by atoms with Crippen LogP contribution in [0.25, 0.3) is 0 Å². The summed E-state index contributed by atoms with van der Waals surface area (Å²) in [5.41, 5.74) is 6.22. The monoisotopic (exact) mass is 442 g/mol. The van der Waals surface area contributed by atoms with Crippen molar-refractivity contribution in [1.82, 2.24) is 0 Å². The molecule has 30 heavy (non-hydrogen) atoms. The summed E-state index contributed by atoms with van der Waals surface area (Å²) < 4.78 is 0. The van der Waals surface area contributed by atoms with E-state index in [9.17, 15) is 0 Å². The predicted octanol–water partition coefficient (Wildman–Crippen LogP) is 9.68. The predicted molar refractivity (Wildman–Crippen MR) is 139 cm³/mol. The zero-order chi connectivity index (χ0) is 23.1. The SMILES string of the molecule is CC(C)(C)c1cccc(C(C)(C)C)c1SSc1c(C(C)(C)C)cccc1C(C)(C)C. The molecular weight excluding hydrogens is 400 g/mol. The molecule has 0 aliphatic heterocycles. The molecule has 0 atom stereocenters. The summed E-state index contributed by atoms with van der Waals surface area (Å²) in [6, 6.07) is 13.7. The average molecular weight is 443 g/mol. The molecule has 0 nitrogen and oxygen atoms in total. The Morgan fingerprint density at radius 3 is 0.767 bits per heavy atom. The lowest BCUT2D eigenvalue weighted by molar-refractivity contribution is 0.545. The molecule has 2 heteroatoms. The third-order valence-electron chi connectivity index (χ3n) is 5.47. The highest BCUT2D eigenvalue weighted by atomic mass is 33.1. The van der Waals surface area contributed by atoms with Crippen LogP contribution in [0.15, 0.2) is 46.2 Å². The third kappa shape index (κ3) is 5.88. The van der Waals surface area contributed by atoms with Gasteiger partial charge in [0.05, 0.1) is 0 Å². The van der Waals surface area contributed by atoms with Crippen molar-refractivity contribution in [1.29, 1.82) is 0 Å². The molecule has 0 N–H and O–H groups in total. The van der Waals surface area contributed by atoms with Crippen LogP contribution in [0.4, 0.5) is 0 Å². The molecule has 2 aromatic carbocycles. The summed E-state index contributed by atoms with van der Waals surface area (Å²) in [6.07, 6.45) is 0. The van der Waals surface area contributed by atoms with Crippen molar-refractivity contribution in [2.45, 2.75) is 115 Å². The van der Waals surface area contributed by atoms with Gasteiger partial charge in [-0.25, -0.2) is 0 Å². The Morgan fingerprint density at radius 1 is 0.400 bits per heavy atom. The van der Waals surface area contributed by atoms with Gasteiger partial charge in [0.25, 0.3) is 0 Å². The van der Waals surface area contributed by atoms with E-state index in [2.05, 4.69) is 119 Å². The number of rotatable bonds is 3. The molecule has 0 saturated carbocycles. The van der Waals surface area contributed by atoms with Gasteiger partial charge in [-0.15, -0.1) is 0 Å². The topological polar surface area (TPSA) is 0 Å². The van der Waals surface area contributed by atoms with Gasteiger partial charge in [-0.2, -0.15) is 0 Å². The molecule has 0 aliphatic rings. The highest BCUT2D eigenvalue weighted by Crippen LogP contribution is 2.51. The smallest absolute Gasteiger partial charge is 0.0261 e. The van der Waals surface area contributed by atoms with Crippen molar-refractivity contribution < 1.29 is 0 Å². The van der Waals surface area contributed by atoms with Crippen LogP contribution in [0.5, 0.6) is 0 Å². The molecule has 166 valence electrons. The van der Waals surface area contributed by atoms with Gasteiger partial charge < -0.3 is 0 Å². The summed E-state index contributed by atoms with van der Waals surface area (Å²) in [6.45, 7) is 27.9. The Bertz CT molecular complexity index is 739. The summed E-state index contributed by atoms with van der Waals surface area (Å²) >= 11 is 0. The molecule has 2 rings (SSSR count). The third-order valence-corrected chi connectivity index (χ3v) is 8.02. The minimum Gasteiger partial charge on any atom is -0.0616 e. The van der Waals surface area contributed by atoms with Crippen LogP contribution < -0.4 is 0 Å². The first-order valence-corrected chi connectivity index (χ1v) is 13.2. The van der Waals surface area contributed by atoms with Gasteiger partial charge in [-0.3, -0.25) is 0 Å². The molecule has 2 aromatic rings. The maximum atomic E-state index is 2.33. The lowest BCUT2D eigenvalue weighted by atomic mass is 9.80. The van der Waals surface area contributed by atoms with Crippen molar-refractivity contribution in [3.8, 4) is 0 Å². The van der Waals surface area contributed by atoms with Crippen LogP contribution in [-0.4, -0.2) is 0 Å². The van der Waals surface area contributed by atoms with Crippen molar-refractivity contribution in [3.63, 3.8) is 0 Å². The highest BCUT2D eigenvalue weighted by molar-refractivity contribution is 8.76. The van der Waals surface area contributed by atoms with Crippen LogP contribution in [0.3, 0.4) is 0 Å². The minimum atomic E-state index is 0.112. The molecule has 0 heterocycles. The quantitative estimate of drug-likeness (QED) is 0.434. The van der Waals surface area contributed by atoms with E-state index in [-0.39, 0.29) is 21.7 Å². The fourth-order valence-corrected chi connectivity index (χ4v) is 7.30. The Balaban J connectivity index is 2.65. The fourth-order valence-electron chi connectivity index (χ4n) is 3.70. The first kappa shape index (κ1) is 25.4. The van der Waals surface area contributed by atoms with E-state index in [4.69, 9.17) is 0 Å². The largest absolute Gasteiger partial charge is 0.0616 e. The second-order valence-electron chi connectivity index (χ2n) is 12.5. The Labute approximate surface area is 194 Å². The molecular formula is C28H42S2. The normalized spacial score (nSPS) is 13.6. The Kier molecular flexibility index (Phi) is 7.27. The van der Waals surface area contributed by atoms with Crippen LogP contribution in [-0.2, 0) is 21.7 Å². The maximum Gasteiger partial charge on any atom is 0.0261 e. The van der Waals surface area contributed by atoms with Crippen LogP contribution in [0, 0.1) is 0 Å². The summed E-state index contributed by atoms with van der Waals surface area (Å²) in [7, 11) is 3.92. The Morgan fingerprint density at radius 2 is 0.600 bits per heavy atom. The molecule has 0 radical (unpaired) electrons.